The van der Waals surface area contributed by atoms with E-state index >= 15 is 0 Å². The van der Waals surface area contributed by atoms with Crippen LogP contribution in [0, 0.1) is 6.92 Å². The number of hydrogen-bond acceptors (Lipinski definition) is 4. The molecule has 0 saturated carbocycles. The van der Waals surface area contributed by atoms with Crippen molar-refractivity contribution in [2.75, 3.05) is 24.8 Å². The first-order valence-electron chi connectivity index (χ1n) is 5.15. The Morgan fingerprint density at radius 2 is 2.33 bits per heavy atom. The first-order chi connectivity index (χ1) is 7.17. The van der Waals surface area contributed by atoms with Crippen LogP contribution >= 0.6 is 0 Å². The zero-order chi connectivity index (χ0) is 11.3. The van der Waals surface area contributed by atoms with Crippen molar-refractivity contribution in [3.05, 3.63) is 17.8 Å². The van der Waals surface area contributed by atoms with Gasteiger partial charge in [-0.15, -0.1) is 0 Å². The molecule has 0 bridgehead atoms. The minimum Gasteiger partial charge on any atom is -0.397 e. The Morgan fingerprint density at radius 3 is 2.87 bits per heavy atom. The van der Waals surface area contributed by atoms with Crippen LogP contribution in [0.4, 0.5) is 11.5 Å². The Morgan fingerprint density at radius 1 is 1.60 bits per heavy atom. The van der Waals surface area contributed by atoms with Crippen LogP contribution in [0.5, 0.6) is 0 Å². The highest BCUT2D eigenvalue weighted by Gasteiger charge is 2.08. The number of aromatic nitrogens is 1. The van der Waals surface area contributed by atoms with Gasteiger partial charge in [0, 0.05) is 7.11 Å². The van der Waals surface area contributed by atoms with E-state index < -0.39 is 0 Å². The van der Waals surface area contributed by atoms with Crippen LogP contribution in [0.15, 0.2) is 12.3 Å². The molecule has 0 aliphatic carbocycles. The molecule has 0 radical (unpaired) electrons. The van der Waals surface area contributed by atoms with Gasteiger partial charge in [-0.3, -0.25) is 0 Å². The van der Waals surface area contributed by atoms with E-state index in [-0.39, 0.29) is 0 Å². The fourth-order valence-corrected chi connectivity index (χ4v) is 1.40. The number of nitrogen functional groups attached to an aromatic ring is 1. The van der Waals surface area contributed by atoms with Gasteiger partial charge in [0.1, 0.15) is 5.82 Å². The molecule has 1 rings (SSSR count). The van der Waals surface area contributed by atoms with Crippen molar-refractivity contribution in [1.82, 2.24) is 4.98 Å². The maximum Gasteiger partial charge on any atom is 0.129 e. The highest BCUT2D eigenvalue weighted by atomic mass is 16.5. The number of nitrogens with one attached hydrogen (secondary N) is 1. The van der Waals surface area contributed by atoms with Crippen LogP contribution < -0.4 is 11.1 Å². The normalized spacial score (nSPS) is 12.5. The van der Waals surface area contributed by atoms with Gasteiger partial charge in [-0.1, -0.05) is 6.92 Å². The molecule has 0 saturated heterocycles. The number of methoxy groups -OCH3 is 1. The number of nitrogens with two attached hydrogens (primary N) is 1. The SMILES string of the molecule is CCC(COC)Nc1ncc(N)cc1C. The van der Waals surface area contributed by atoms with Crippen molar-refractivity contribution in [2.45, 2.75) is 26.3 Å². The van der Waals surface area contributed by atoms with Gasteiger partial charge in [-0.05, 0) is 25.0 Å². The lowest BCUT2D eigenvalue weighted by atomic mass is 10.2. The Balaban J connectivity index is 2.70. The van der Waals surface area contributed by atoms with Gasteiger partial charge in [-0.2, -0.15) is 0 Å². The maximum atomic E-state index is 5.63. The van der Waals surface area contributed by atoms with Crippen LogP contribution in [0.1, 0.15) is 18.9 Å². The maximum absolute atomic E-state index is 5.63. The summed E-state index contributed by atoms with van der Waals surface area (Å²) in [5, 5.41) is 3.33. The van der Waals surface area contributed by atoms with Gasteiger partial charge in [-0.25, -0.2) is 4.98 Å². The molecular weight excluding hydrogens is 190 g/mol. The molecule has 4 heteroatoms. The van der Waals surface area contributed by atoms with Gasteiger partial charge in [0.15, 0.2) is 0 Å². The third-order valence-electron chi connectivity index (χ3n) is 2.30. The molecule has 84 valence electrons. The van der Waals surface area contributed by atoms with Gasteiger partial charge in [0.2, 0.25) is 0 Å². The Kier molecular flexibility index (Phi) is 4.37. The minimum atomic E-state index is 0.296. The van der Waals surface area contributed by atoms with Crippen molar-refractivity contribution in [2.24, 2.45) is 0 Å². The van der Waals surface area contributed by atoms with Gasteiger partial charge >= 0.3 is 0 Å². The molecule has 0 amide bonds. The van der Waals surface area contributed by atoms with E-state index in [1.165, 1.54) is 0 Å². The molecule has 0 fully saturated rings. The summed E-state index contributed by atoms with van der Waals surface area (Å²) >= 11 is 0. The summed E-state index contributed by atoms with van der Waals surface area (Å²) in [6, 6.07) is 2.21. The van der Waals surface area contributed by atoms with Gasteiger partial charge in [0.25, 0.3) is 0 Å². The van der Waals surface area contributed by atoms with Crippen LogP contribution in [-0.4, -0.2) is 24.7 Å². The second-order valence-corrected chi connectivity index (χ2v) is 3.64. The van der Waals surface area contributed by atoms with Gasteiger partial charge < -0.3 is 15.8 Å². The van der Waals surface area contributed by atoms with Crippen LogP contribution in [0.3, 0.4) is 0 Å². The quantitative estimate of drug-likeness (QED) is 0.776. The third-order valence-corrected chi connectivity index (χ3v) is 2.30. The number of rotatable bonds is 5. The second kappa shape index (κ2) is 5.56. The monoisotopic (exact) mass is 209 g/mol. The molecule has 0 aliphatic rings. The van der Waals surface area contributed by atoms with E-state index in [0.29, 0.717) is 18.3 Å². The number of pyridine rings is 1. The van der Waals surface area contributed by atoms with Crippen LogP contribution in [-0.2, 0) is 4.74 Å². The highest BCUT2D eigenvalue weighted by molar-refractivity contribution is 5.51. The first-order valence-corrected chi connectivity index (χ1v) is 5.15. The lowest BCUT2D eigenvalue weighted by molar-refractivity contribution is 0.184. The van der Waals surface area contributed by atoms with E-state index in [1.54, 1.807) is 13.3 Å². The number of anilines is 2. The molecule has 3 N–H and O–H groups in total. The number of aryl methyl sites for hydroxylation is 1. The van der Waals surface area contributed by atoms with E-state index in [0.717, 1.165) is 17.8 Å². The summed E-state index contributed by atoms with van der Waals surface area (Å²) in [5.41, 5.74) is 7.39. The molecule has 15 heavy (non-hydrogen) atoms. The second-order valence-electron chi connectivity index (χ2n) is 3.64. The summed E-state index contributed by atoms with van der Waals surface area (Å²) in [7, 11) is 1.70. The largest absolute Gasteiger partial charge is 0.397 e. The molecule has 0 aromatic carbocycles. The Hall–Kier alpha value is -1.29. The average molecular weight is 209 g/mol. The van der Waals surface area contributed by atoms with Gasteiger partial charge in [0.05, 0.1) is 24.5 Å². The standard InChI is InChI=1S/C11H19N3O/c1-4-10(7-15-3)14-11-8(2)5-9(12)6-13-11/h5-6,10H,4,7,12H2,1-3H3,(H,13,14). The summed E-state index contributed by atoms with van der Waals surface area (Å²) in [6.45, 7) is 4.79. The van der Waals surface area contributed by atoms with Crippen LogP contribution in [0.2, 0.25) is 0 Å². The molecule has 0 spiro atoms. The molecule has 1 unspecified atom stereocenters. The summed E-state index contributed by atoms with van der Waals surface area (Å²) in [5.74, 6) is 0.883. The number of hydrogen-bond donors (Lipinski definition) is 2. The van der Waals surface area contributed by atoms with E-state index in [9.17, 15) is 0 Å². The fourth-order valence-electron chi connectivity index (χ4n) is 1.40. The predicted molar refractivity (Wildman–Crippen MR) is 63.0 cm³/mol. The first kappa shape index (κ1) is 11.8. The topological polar surface area (TPSA) is 60.2 Å². The zero-order valence-electron chi connectivity index (χ0n) is 9.58. The molecule has 4 nitrogen and oxygen atoms in total. The summed E-state index contributed by atoms with van der Waals surface area (Å²) in [6.07, 6.45) is 2.66. The van der Waals surface area contributed by atoms with Crippen molar-refractivity contribution in [3.63, 3.8) is 0 Å². The molecule has 1 atom stereocenters. The van der Waals surface area contributed by atoms with Crippen molar-refractivity contribution in [1.29, 1.82) is 0 Å². The Labute approximate surface area is 90.8 Å². The van der Waals surface area contributed by atoms with E-state index in [4.69, 9.17) is 10.5 Å². The highest BCUT2D eigenvalue weighted by Crippen LogP contribution is 2.15. The van der Waals surface area contributed by atoms with Crippen molar-refractivity contribution in [3.8, 4) is 0 Å². The molecule has 0 aliphatic heterocycles. The van der Waals surface area contributed by atoms with E-state index in [2.05, 4.69) is 17.2 Å². The molecule has 1 heterocycles. The average Bonchev–Trinajstić information content (AvgIpc) is 2.21. The lowest BCUT2D eigenvalue weighted by Crippen LogP contribution is -2.24. The molecular formula is C11H19N3O. The molecule has 1 aromatic heterocycles. The number of nitrogens with zero attached hydrogens (tertiary/aromatic N) is 1. The number of ether oxygens (including phenoxy) is 1. The van der Waals surface area contributed by atoms with Crippen LogP contribution in [0.25, 0.3) is 0 Å². The smallest absolute Gasteiger partial charge is 0.129 e. The van der Waals surface area contributed by atoms with E-state index in [1.807, 2.05) is 13.0 Å². The summed E-state index contributed by atoms with van der Waals surface area (Å²) in [4.78, 5) is 4.26. The zero-order valence-corrected chi connectivity index (χ0v) is 9.58. The molecule has 1 aromatic rings. The fraction of sp³-hybridized carbons (Fsp3) is 0.545. The lowest BCUT2D eigenvalue weighted by Gasteiger charge is -2.17. The van der Waals surface area contributed by atoms with Crippen molar-refractivity contribution >= 4 is 11.5 Å². The minimum absolute atomic E-state index is 0.296. The third kappa shape index (κ3) is 3.40. The Bertz CT molecular complexity index is 315. The summed E-state index contributed by atoms with van der Waals surface area (Å²) < 4.78 is 5.12. The van der Waals surface area contributed by atoms with Crippen molar-refractivity contribution < 1.29 is 4.74 Å². The predicted octanol–water partition coefficient (Wildman–Crippen LogP) is 1.81.